The zero-order chi connectivity index (χ0) is 34.1. The predicted octanol–water partition coefficient (Wildman–Crippen LogP) is 7.02. The lowest BCUT2D eigenvalue weighted by atomic mass is 10.1. The SMILES string of the molecule is COC(=O)c1cc(S(=O)(=O)c2ccc(CCN(Cc3ccccc3)C[C@H](O)c3ccc(Cl)nc3)cc2)cc(C)c1OCc1ccccc1. The molecule has 0 saturated heterocycles. The smallest absolute Gasteiger partial charge is 0.341 e. The van der Waals surface area contributed by atoms with Crippen LogP contribution < -0.4 is 4.74 Å². The van der Waals surface area contributed by atoms with Crippen LogP contribution in [0.5, 0.6) is 5.75 Å². The maximum absolute atomic E-state index is 13.8. The molecule has 48 heavy (non-hydrogen) atoms. The van der Waals surface area contributed by atoms with Gasteiger partial charge in [0.2, 0.25) is 9.84 Å². The van der Waals surface area contributed by atoms with Crippen molar-refractivity contribution in [3.8, 4) is 5.75 Å². The number of halogens is 1. The van der Waals surface area contributed by atoms with E-state index in [-0.39, 0.29) is 27.7 Å². The Kier molecular flexibility index (Phi) is 11.6. The summed E-state index contributed by atoms with van der Waals surface area (Å²) in [7, 11) is -2.72. The Morgan fingerprint density at radius 3 is 2.17 bits per heavy atom. The quantitative estimate of drug-likeness (QED) is 0.0983. The monoisotopic (exact) mass is 684 g/mol. The van der Waals surface area contributed by atoms with Crippen LogP contribution in [0.3, 0.4) is 0 Å². The van der Waals surface area contributed by atoms with Crippen LogP contribution in [0.4, 0.5) is 0 Å². The van der Waals surface area contributed by atoms with Crippen LogP contribution in [-0.4, -0.2) is 49.6 Å². The lowest BCUT2D eigenvalue weighted by Crippen LogP contribution is -2.30. The van der Waals surface area contributed by atoms with Gasteiger partial charge in [-0.05, 0) is 65.9 Å². The van der Waals surface area contributed by atoms with Gasteiger partial charge in [0.15, 0.2) is 0 Å². The molecule has 248 valence electrons. The topological polar surface area (TPSA) is 106 Å². The Balaban J connectivity index is 1.31. The number of methoxy groups -OCH3 is 1. The summed E-state index contributed by atoms with van der Waals surface area (Å²) < 4.78 is 38.5. The second-order valence-corrected chi connectivity index (χ2v) is 13.8. The number of carbonyl (C=O) groups is 1. The fraction of sp³-hybridized carbons (Fsp3) is 0.211. The van der Waals surface area contributed by atoms with Gasteiger partial charge in [0.05, 0.1) is 23.0 Å². The highest BCUT2D eigenvalue weighted by Crippen LogP contribution is 2.32. The van der Waals surface area contributed by atoms with Crippen LogP contribution in [0, 0.1) is 6.92 Å². The van der Waals surface area contributed by atoms with E-state index in [0.717, 1.165) is 16.7 Å². The summed E-state index contributed by atoms with van der Waals surface area (Å²) in [4.78, 5) is 19.1. The van der Waals surface area contributed by atoms with E-state index in [0.29, 0.717) is 42.3 Å². The van der Waals surface area contributed by atoms with E-state index < -0.39 is 21.9 Å². The highest BCUT2D eigenvalue weighted by atomic mass is 35.5. The van der Waals surface area contributed by atoms with Crippen molar-refractivity contribution in [2.75, 3.05) is 20.2 Å². The molecule has 0 saturated carbocycles. The van der Waals surface area contributed by atoms with Crippen molar-refractivity contribution >= 4 is 27.4 Å². The number of aliphatic hydroxyl groups is 1. The Morgan fingerprint density at radius 1 is 0.875 bits per heavy atom. The molecular weight excluding hydrogens is 648 g/mol. The third-order valence-electron chi connectivity index (χ3n) is 7.96. The number of ether oxygens (including phenoxy) is 2. The van der Waals surface area contributed by atoms with Gasteiger partial charge in [0, 0.05) is 31.4 Å². The number of rotatable bonds is 14. The Bertz CT molecular complexity index is 1920. The zero-order valence-corrected chi connectivity index (χ0v) is 28.3. The first kappa shape index (κ1) is 34.8. The van der Waals surface area contributed by atoms with Crippen LogP contribution in [0.25, 0.3) is 0 Å². The summed E-state index contributed by atoms with van der Waals surface area (Å²) in [6, 6.07) is 32.5. The van der Waals surface area contributed by atoms with E-state index in [4.69, 9.17) is 21.1 Å². The third-order valence-corrected chi connectivity index (χ3v) is 9.93. The maximum Gasteiger partial charge on any atom is 0.341 e. The Labute approximate surface area is 286 Å². The zero-order valence-electron chi connectivity index (χ0n) is 26.8. The molecule has 0 aliphatic heterocycles. The molecule has 0 unspecified atom stereocenters. The molecule has 0 amide bonds. The fourth-order valence-electron chi connectivity index (χ4n) is 5.35. The van der Waals surface area contributed by atoms with Gasteiger partial charge in [-0.2, -0.15) is 0 Å². The fourth-order valence-corrected chi connectivity index (χ4v) is 6.83. The molecule has 0 aliphatic rings. The Hall–Kier alpha value is -4.54. The summed E-state index contributed by atoms with van der Waals surface area (Å²) in [5, 5.41) is 11.3. The molecule has 0 spiro atoms. The van der Waals surface area contributed by atoms with E-state index in [1.54, 1.807) is 49.5 Å². The van der Waals surface area contributed by atoms with Crippen molar-refractivity contribution < 1.29 is 27.8 Å². The predicted molar refractivity (Wildman–Crippen MR) is 185 cm³/mol. The van der Waals surface area contributed by atoms with E-state index in [1.165, 1.54) is 19.2 Å². The van der Waals surface area contributed by atoms with Crippen LogP contribution >= 0.6 is 11.6 Å². The van der Waals surface area contributed by atoms with Gasteiger partial charge in [0.1, 0.15) is 23.1 Å². The first-order valence-electron chi connectivity index (χ1n) is 15.4. The number of aryl methyl sites for hydroxylation is 1. The van der Waals surface area contributed by atoms with E-state index in [1.807, 2.05) is 60.7 Å². The van der Waals surface area contributed by atoms with Gasteiger partial charge in [-0.25, -0.2) is 18.2 Å². The molecule has 10 heteroatoms. The molecule has 1 N–H and O–H groups in total. The molecule has 4 aromatic carbocycles. The van der Waals surface area contributed by atoms with Crippen molar-refractivity contribution in [3.63, 3.8) is 0 Å². The minimum atomic E-state index is -3.97. The Morgan fingerprint density at radius 2 is 1.54 bits per heavy atom. The van der Waals surface area contributed by atoms with Gasteiger partial charge < -0.3 is 14.6 Å². The number of aromatic nitrogens is 1. The van der Waals surface area contributed by atoms with E-state index in [9.17, 15) is 18.3 Å². The first-order valence-corrected chi connectivity index (χ1v) is 17.3. The van der Waals surface area contributed by atoms with E-state index in [2.05, 4.69) is 9.88 Å². The maximum atomic E-state index is 13.8. The standard InChI is InChI=1S/C38H37ClN2O6S/c1-27-21-33(22-34(38(43)46-2)37(27)47-26-30-11-7-4-8-12-30)48(44,45)32-16-13-28(14-17-32)19-20-41(24-29-9-5-3-6-10-29)25-35(42)31-15-18-36(39)40-23-31/h3-18,21-23,35,42H,19-20,24-26H2,1-2H3/t35-/m0/s1. The lowest BCUT2D eigenvalue weighted by molar-refractivity contribution is 0.0595. The number of carbonyl (C=O) groups excluding carboxylic acids is 1. The lowest BCUT2D eigenvalue weighted by Gasteiger charge is -2.25. The van der Waals surface area contributed by atoms with Crippen LogP contribution in [0.2, 0.25) is 5.15 Å². The summed E-state index contributed by atoms with van der Waals surface area (Å²) in [5.41, 5.74) is 4.16. The number of sulfone groups is 1. The van der Waals surface area contributed by atoms with Gasteiger partial charge in [0.25, 0.3) is 0 Å². The first-order chi connectivity index (χ1) is 23.1. The molecule has 1 heterocycles. The molecule has 5 rings (SSSR count). The molecular formula is C38H37ClN2O6S. The molecule has 0 bridgehead atoms. The number of aliphatic hydroxyl groups excluding tert-OH is 1. The molecule has 0 radical (unpaired) electrons. The van der Waals surface area contributed by atoms with E-state index >= 15 is 0 Å². The van der Waals surface area contributed by atoms with Crippen LogP contribution in [0.1, 0.15) is 44.3 Å². The second-order valence-electron chi connectivity index (χ2n) is 11.4. The van der Waals surface area contributed by atoms with Crippen molar-refractivity contribution in [3.05, 3.63) is 154 Å². The number of hydrogen-bond acceptors (Lipinski definition) is 8. The van der Waals surface area contributed by atoms with Crippen molar-refractivity contribution in [1.29, 1.82) is 0 Å². The molecule has 0 fully saturated rings. The van der Waals surface area contributed by atoms with Gasteiger partial charge in [-0.1, -0.05) is 90.5 Å². The number of hydrogen-bond donors (Lipinski definition) is 1. The third kappa shape index (κ3) is 8.87. The summed E-state index contributed by atoms with van der Waals surface area (Å²) in [5.74, 6) is -0.413. The highest BCUT2D eigenvalue weighted by molar-refractivity contribution is 7.91. The van der Waals surface area contributed by atoms with Crippen molar-refractivity contribution in [1.82, 2.24) is 9.88 Å². The summed E-state index contributed by atoms with van der Waals surface area (Å²) in [6.45, 7) is 3.52. The van der Waals surface area contributed by atoms with Crippen molar-refractivity contribution in [2.24, 2.45) is 0 Å². The average Bonchev–Trinajstić information content (AvgIpc) is 3.10. The minimum absolute atomic E-state index is 0.0278. The van der Waals surface area contributed by atoms with Crippen molar-refractivity contribution in [2.45, 2.75) is 42.4 Å². The number of nitrogens with zero attached hydrogens (tertiary/aromatic N) is 2. The minimum Gasteiger partial charge on any atom is -0.488 e. The highest BCUT2D eigenvalue weighted by Gasteiger charge is 2.25. The number of benzene rings is 4. The molecule has 8 nitrogen and oxygen atoms in total. The van der Waals surface area contributed by atoms with Gasteiger partial charge >= 0.3 is 5.97 Å². The van der Waals surface area contributed by atoms with Gasteiger partial charge in [-0.3, -0.25) is 4.90 Å². The summed E-state index contributed by atoms with van der Waals surface area (Å²) in [6.07, 6.45) is 1.44. The molecule has 1 atom stereocenters. The number of esters is 1. The molecule has 0 aliphatic carbocycles. The molecule has 5 aromatic rings. The normalized spacial score (nSPS) is 12.1. The second kappa shape index (κ2) is 16.0. The van der Waals surface area contributed by atoms with Crippen LogP contribution in [0.15, 0.2) is 125 Å². The average molecular weight is 685 g/mol. The number of pyridine rings is 1. The van der Waals surface area contributed by atoms with Crippen LogP contribution in [-0.2, 0) is 34.1 Å². The van der Waals surface area contributed by atoms with Gasteiger partial charge in [-0.15, -0.1) is 0 Å². The summed E-state index contributed by atoms with van der Waals surface area (Å²) >= 11 is 5.93. The molecule has 1 aromatic heterocycles. The largest absolute Gasteiger partial charge is 0.488 e.